The van der Waals surface area contributed by atoms with Gasteiger partial charge < -0.3 is 4.85 Å². The molecule has 0 aliphatic heterocycles. The first-order valence-electron chi connectivity index (χ1n) is 13.3. The lowest BCUT2D eigenvalue weighted by atomic mass is 9.96. The summed E-state index contributed by atoms with van der Waals surface area (Å²) in [6.45, 7) is 14.2. The molecule has 0 unspecified atom stereocenters. The summed E-state index contributed by atoms with van der Waals surface area (Å²) in [5.41, 5.74) is 4.50. The van der Waals surface area contributed by atoms with Crippen molar-refractivity contribution in [1.29, 1.82) is 0 Å². The van der Waals surface area contributed by atoms with Crippen LogP contribution in [0.2, 0.25) is 0 Å². The van der Waals surface area contributed by atoms with E-state index in [1.165, 1.54) is 24.7 Å². The lowest BCUT2D eigenvalue weighted by Crippen LogP contribution is -2.20. The van der Waals surface area contributed by atoms with Crippen LogP contribution in [0.15, 0.2) is 55.2 Å². The van der Waals surface area contributed by atoms with Crippen LogP contribution in [0.4, 0.5) is 0 Å². The van der Waals surface area contributed by atoms with Crippen molar-refractivity contribution in [3.63, 3.8) is 0 Å². The van der Waals surface area contributed by atoms with Gasteiger partial charge in [0.05, 0.1) is 17.8 Å². The molecule has 1 aromatic carbocycles. The molecule has 7 heteroatoms. The summed E-state index contributed by atoms with van der Waals surface area (Å²) in [5.74, 6) is 0.765. The fraction of sp³-hybridized carbons (Fsp3) is 0.433. The first-order valence-corrected chi connectivity index (χ1v) is 13.3. The zero-order valence-corrected chi connectivity index (χ0v) is 21.8. The maximum Gasteiger partial charge on any atom is 0.239 e. The minimum Gasteiger partial charge on any atom is -0.315 e. The minimum absolute atomic E-state index is 0.0229. The number of fused-ring (bicyclic) bond motifs is 1. The number of rotatable bonds is 8. The number of benzene rings is 1. The van der Waals surface area contributed by atoms with Gasteiger partial charge in [-0.25, -0.2) is 16.5 Å². The third-order valence-electron chi connectivity index (χ3n) is 7.65. The molecule has 1 fully saturated rings. The molecule has 1 aliphatic rings. The van der Waals surface area contributed by atoms with Crippen molar-refractivity contribution < 1.29 is 4.79 Å². The number of hydrogen-bond donors (Lipinski definition) is 0. The number of carbonyl (C=O) groups excluding carboxylic acids is 1. The first-order chi connectivity index (χ1) is 18.0. The summed E-state index contributed by atoms with van der Waals surface area (Å²) in [6, 6.07) is 10.4. The van der Waals surface area contributed by atoms with Crippen LogP contribution < -0.4 is 0 Å². The van der Waals surface area contributed by atoms with Crippen molar-refractivity contribution in [2.24, 2.45) is 11.8 Å². The van der Waals surface area contributed by atoms with E-state index < -0.39 is 0 Å². The Kier molecular flexibility index (Phi) is 7.18. The second-order valence-electron chi connectivity index (χ2n) is 10.7. The van der Waals surface area contributed by atoms with Gasteiger partial charge in [-0.2, -0.15) is 5.10 Å². The molecular formula is C30H34N6O. The van der Waals surface area contributed by atoms with E-state index >= 15 is 0 Å². The average molecular weight is 495 g/mol. The Hall–Kier alpha value is -3.79. The lowest BCUT2D eigenvalue weighted by molar-refractivity contribution is 0.0889. The molecule has 3 aromatic heterocycles. The van der Waals surface area contributed by atoms with Crippen LogP contribution in [0.25, 0.3) is 27.1 Å². The highest BCUT2D eigenvalue weighted by Gasteiger charge is 2.30. The van der Waals surface area contributed by atoms with E-state index in [2.05, 4.69) is 58.0 Å². The molecule has 1 saturated carbocycles. The van der Waals surface area contributed by atoms with Crippen LogP contribution >= 0.6 is 0 Å². The van der Waals surface area contributed by atoms with Crippen molar-refractivity contribution >= 4 is 16.9 Å². The Bertz CT molecular complexity index is 1420. The van der Waals surface area contributed by atoms with Gasteiger partial charge in [-0.3, -0.25) is 14.0 Å². The molecule has 0 N–H and O–H groups in total. The van der Waals surface area contributed by atoms with Crippen LogP contribution in [0.1, 0.15) is 74.3 Å². The zero-order valence-electron chi connectivity index (χ0n) is 21.8. The van der Waals surface area contributed by atoms with Crippen molar-refractivity contribution in [3.8, 4) is 11.3 Å². The van der Waals surface area contributed by atoms with E-state index in [1.54, 1.807) is 10.8 Å². The predicted octanol–water partition coefficient (Wildman–Crippen LogP) is 6.59. The predicted molar refractivity (Wildman–Crippen MR) is 145 cm³/mol. The molecule has 1 aliphatic carbocycles. The summed E-state index contributed by atoms with van der Waals surface area (Å²) in [7, 11) is 0. The van der Waals surface area contributed by atoms with Gasteiger partial charge in [0.25, 0.3) is 0 Å². The lowest BCUT2D eigenvalue weighted by Gasteiger charge is -2.18. The monoisotopic (exact) mass is 494 g/mol. The van der Waals surface area contributed by atoms with Crippen molar-refractivity contribution in [2.75, 3.05) is 6.54 Å². The van der Waals surface area contributed by atoms with E-state index in [-0.39, 0.29) is 17.9 Å². The summed E-state index contributed by atoms with van der Waals surface area (Å²) >= 11 is 0. The minimum atomic E-state index is -0.300. The SMILES string of the molecule is [C-]#[N+]C[C@H](C1CCCC1)n1cc(-c2ncnc3c2ccn3C(=O)[C@@H](C)c2ccc(CC(C)C)cc2)cn1. The molecular weight excluding hydrogens is 460 g/mol. The summed E-state index contributed by atoms with van der Waals surface area (Å²) in [5, 5.41) is 5.45. The molecule has 190 valence electrons. The van der Waals surface area contributed by atoms with Gasteiger partial charge in [0.1, 0.15) is 12.4 Å². The average Bonchev–Trinajstić information content (AvgIpc) is 3.67. The second-order valence-corrected chi connectivity index (χ2v) is 10.7. The molecule has 0 spiro atoms. The highest BCUT2D eigenvalue weighted by atomic mass is 16.2. The second kappa shape index (κ2) is 10.7. The van der Waals surface area contributed by atoms with Crippen molar-refractivity contribution in [1.82, 2.24) is 24.3 Å². The summed E-state index contributed by atoms with van der Waals surface area (Å²) in [4.78, 5) is 26.2. The molecule has 2 atom stereocenters. The molecule has 7 nitrogen and oxygen atoms in total. The maximum atomic E-state index is 13.5. The Labute approximate surface area is 218 Å². The van der Waals surface area contributed by atoms with Crippen LogP contribution in [0.5, 0.6) is 0 Å². The third kappa shape index (κ3) is 5.06. The van der Waals surface area contributed by atoms with E-state index in [0.717, 1.165) is 41.5 Å². The number of nitrogens with zero attached hydrogens (tertiary/aromatic N) is 6. The molecule has 37 heavy (non-hydrogen) atoms. The van der Waals surface area contributed by atoms with Crippen molar-refractivity contribution in [2.45, 2.75) is 64.8 Å². The van der Waals surface area contributed by atoms with Gasteiger partial charge in [0.15, 0.2) is 5.65 Å². The molecule has 0 radical (unpaired) electrons. The van der Waals surface area contributed by atoms with Crippen LogP contribution in [-0.4, -0.2) is 36.8 Å². The smallest absolute Gasteiger partial charge is 0.239 e. The normalized spacial score (nSPS) is 15.8. The number of aromatic nitrogens is 5. The van der Waals surface area contributed by atoms with E-state index in [9.17, 15) is 4.79 Å². The molecule has 0 saturated heterocycles. The summed E-state index contributed by atoms with van der Waals surface area (Å²) in [6.07, 6.45) is 12.9. The standard InChI is InChI=1S/C30H34N6O/c1-20(2)15-22-9-11-23(12-10-22)21(3)30(37)35-14-13-26-28(32-19-33-29(26)35)25-16-34-36(18-25)27(17-31-4)24-7-5-6-8-24/h9-14,16,18-21,24,27H,5-8,15,17H2,1-3H3/t21-,27+/m0/s1. The number of carbonyl (C=O) groups is 1. The molecule has 0 bridgehead atoms. The van der Waals surface area contributed by atoms with E-state index in [0.29, 0.717) is 24.0 Å². The zero-order chi connectivity index (χ0) is 25.9. The fourth-order valence-corrected chi connectivity index (χ4v) is 5.65. The largest absolute Gasteiger partial charge is 0.315 e. The van der Waals surface area contributed by atoms with Gasteiger partial charge in [-0.1, -0.05) is 51.0 Å². The molecule has 5 rings (SSSR count). The summed E-state index contributed by atoms with van der Waals surface area (Å²) < 4.78 is 3.59. The Balaban J connectivity index is 1.41. The third-order valence-corrected chi connectivity index (χ3v) is 7.65. The van der Waals surface area contributed by atoms with Crippen LogP contribution in [-0.2, 0) is 6.42 Å². The van der Waals surface area contributed by atoms with Gasteiger partial charge in [0, 0.05) is 23.3 Å². The van der Waals surface area contributed by atoms with Gasteiger partial charge >= 0.3 is 0 Å². The highest BCUT2D eigenvalue weighted by Crippen LogP contribution is 2.35. The topological polar surface area (TPSA) is 70.0 Å². The van der Waals surface area contributed by atoms with Gasteiger partial charge in [-0.15, -0.1) is 0 Å². The van der Waals surface area contributed by atoms with Gasteiger partial charge in [0.2, 0.25) is 12.5 Å². The first kappa shape index (κ1) is 24.9. The maximum absolute atomic E-state index is 13.5. The van der Waals surface area contributed by atoms with Crippen LogP contribution in [0, 0.1) is 18.4 Å². The van der Waals surface area contributed by atoms with E-state index in [1.807, 2.05) is 30.1 Å². The molecule has 4 aromatic rings. The highest BCUT2D eigenvalue weighted by molar-refractivity contribution is 5.98. The Morgan fingerprint density at radius 1 is 1.11 bits per heavy atom. The Morgan fingerprint density at radius 2 is 1.86 bits per heavy atom. The molecule has 3 heterocycles. The van der Waals surface area contributed by atoms with Gasteiger partial charge in [-0.05, 0) is 55.2 Å². The quantitative estimate of drug-likeness (QED) is 0.259. The fourth-order valence-electron chi connectivity index (χ4n) is 5.65. The number of hydrogen-bond acceptors (Lipinski definition) is 4. The Morgan fingerprint density at radius 3 is 2.57 bits per heavy atom. The van der Waals surface area contributed by atoms with Crippen molar-refractivity contribution in [3.05, 3.63) is 77.8 Å². The van der Waals surface area contributed by atoms with E-state index in [4.69, 9.17) is 6.57 Å². The molecule has 0 amide bonds. The van der Waals surface area contributed by atoms with Crippen LogP contribution in [0.3, 0.4) is 0 Å².